The lowest BCUT2D eigenvalue weighted by molar-refractivity contribution is 0.0983. The number of hydrogen-bond donors (Lipinski definition) is 1. The predicted molar refractivity (Wildman–Crippen MR) is 66.0 cm³/mol. The first kappa shape index (κ1) is 9.96. The van der Waals surface area contributed by atoms with Gasteiger partial charge >= 0.3 is 0 Å². The maximum Gasteiger partial charge on any atom is 0.166 e. The van der Waals surface area contributed by atoms with Crippen LogP contribution in [0.4, 0.5) is 5.69 Å². The maximum absolute atomic E-state index is 11.7. The Morgan fingerprint density at radius 3 is 3.00 bits per heavy atom. The summed E-state index contributed by atoms with van der Waals surface area (Å²) in [5, 5.41) is 3.28. The Kier molecular flexibility index (Phi) is 2.76. The van der Waals surface area contributed by atoms with Crippen LogP contribution in [0.2, 0.25) is 0 Å². The van der Waals surface area contributed by atoms with E-state index in [1.54, 1.807) is 0 Å². The smallest absolute Gasteiger partial charge is 0.166 e. The van der Waals surface area contributed by atoms with Crippen LogP contribution in [0.1, 0.15) is 29.3 Å². The zero-order valence-electron chi connectivity index (χ0n) is 8.06. The molecular weight excluding hydrogens is 289 g/mol. The molecule has 0 fully saturated rings. The monoisotopic (exact) mass is 301 g/mol. The van der Waals surface area contributed by atoms with Crippen LogP contribution >= 0.6 is 22.6 Å². The number of ketones is 1. The highest BCUT2D eigenvalue weighted by atomic mass is 127. The molecule has 0 aromatic heterocycles. The van der Waals surface area contributed by atoms with Crippen molar-refractivity contribution in [3.05, 3.63) is 26.8 Å². The van der Waals surface area contributed by atoms with Crippen molar-refractivity contribution in [2.24, 2.45) is 0 Å². The Bertz CT molecular complexity index is 387. The van der Waals surface area contributed by atoms with Gasteiger partial charge in [-0.2, -0.15) is 0 Å². The van der Waals surface area contributed by atoms with Gasteiger partial charge in [0.15, 0.2) is 5.78 Å². The lowest BCUT2D eigenvalue weighted by atomic mass is 9.99. The van der Waals surface area contributed by atoms with Gasteiger partial charge in [0.1, 0.15) is 0 Å². The van der Waals surface area contributed by atoms with Gasteiger partial charge in [-0.1, -0.05) is 6.92 Å². The lowest BCUT2D eigenvalue weighted by Crippen LogP contribution is -2.19. The summed E-state index contributed by atoms with van der Waals surface area (Å²) in [4.78, 5) is 11.7. The molecule has 0 unspecified atom stereocenters. The van der Waals surface area contributed by atoms with E-state index in [0.29, 0.717) is 6.42 Å². The standard InChI is InChI=1S/C11H12INO/c1-2-7-5-8-10(14)3-4-13-11(8)9(12)6-7/h5-6,13H,2-4H2,1H3. The van der Waals surface area contributed by atoms with Gasteiger partial charge in [0.2, 0.25) is 0 Å². The molecule has 2 rings (SSSR count). The quantitative estimate of drug-likeness (QED) is 0.808. The Labute approximate surface area is 97.2 Å². The van der Waals surface area contributed by atoms with E-state index in [9.17, 15) is 4.79 Å². The first-order chi connectivity index (χ1) is 6.72. The molecule has 74 valence electrons. The van der Waals surface area contributed by atoms with Gasteiger partial charge < -0.3 is 5.32 Å². The first-order valence-corrected chi connectivity index (χ1v) is 5.89. The van der Waals surface area contributed by atoms with Crippen molar-refractivity contribution in [1.29, 1.82) is 0 Å². The summed E-state index contributed by atoms with van der Waals surface area (Å²) in [7, 11) is 0. The molecule has 14 heavy (non-hydrogen) atoms. The van der Waals surface area contributed by atoms with E-state index >= 15 is 0 Å². The number of anilines is 1. The number of carbonyl (C=O) groups is 1. The minimum absolute atomic E-state index is 0.270. The number of aryl methyl sites for hydroxylation is 1. The molecule has 0 atom stereocenters. The summed E-state index contributed by atoms with van der Waals surface area (Å²) in [5.41, 5.74) is 3.14. The molecule has 1 aliphatic rings. The van der Waals surface area contributed by atoms with Crippen molar-refractivity contribution in [3.63, 3.8) is 0 Å². The number of carbonyl (C=O) groups excluding carboxylic acids is 1. The fraction of sp³-hybridized carbons (Fsp3) is 0.364. The van der Waals surface area contributed by atoms with Crippen LogP contribution in [0.25, 0.3) is 0 Å². The lowest BCUT2D eigenvalue weighted by Gasteiger charge is -2.19. The highest BCUT2D eigenvalue weighted by molar-refractivity contribution is 14.1. The van der Waals surface area contributed by atoms with E-state index < -0.39 is 0 Å². The minimum atomic E-state index is 0.270. The number of rotatable bonds is 1. The number of hydrogen-bond acceptors (Lipinski definition) is 2. The molecule has 0 bridgehead atoms. The highest BCUT2D eigenvalue weighted by Gasteiger charge is 2.19. The van der Waals surface area contributed by atoms with E-state index in [-0.39, 0.29) is 5.78 Å². The molecule has 0 saturated carbocycles. The molecular formula is C11H12INO. The van der Waals surface area contributed by atoms with Crippen molar-refractivity contribution < 1.29 is 4.79 Å². The fourth-order valence-corrected chi connectivity index (χ4v) is 2.58. The van der Waals surface area contributed by atoms with Crippen LogP contribution in [-0.4, -0.2) is 12.3 Å². The van der Waals surface area contributed by atoms with Crippen LogP contribution < -0.4 is 5.32 Å². The van der Waals surface area contributed by atoms with Crippen LogP contribution in [0.15, 0.2) is 12.1 Å². The van der Waals surface area contributed by atoms with Crippen molar-refractivity contribution >= 4 is 34.1 Å². The third-order valence-electron chi connectivity index (χ3n) is 2.51. The number of fused-ring (bicyclic) bond motifs is 1. The Balaban J connectivity index is 2.57. The first-order valence-electron chi connectivity index (χ1n) is 4.82. The molecule has 1 aromatic carbocycles. The Morgan fingerprint density at radius 1 is 1.50 bits per heavy atom. The summed E-state index contributed by atoms with van der Waals surface area (Å²) < 4.78 is 1.16. The second-order valence-electron chi connectivity index (χ2n) is 3.45. The SMILES string of the molecule is CCc1cc(I)c2c(c1)C(=O)CCN2. The van der Waals surface area contributed by atoms with Crippen LogP contribution in [0, 0.1) is 3.57 Å². The zero-order valence-corrected chi connectivity index (χ0v) is 10.2. The molecule has 1 heterocycles. The van der Waals surface area contributed by atoms with Gasteiger partial charge in [0.25, 0.3) is 0 Å². The van der Waals surface area contributed by atoms with Gasteiger partial charge in [-0.3, -0.25) is 4.79 Å². The minimum Gasteiger partial charge on any atom is -0.383 e. The molecule has 0 amide bonds. The van der Waals surface area contributed by atoms with E-state index in [2.05, 4.69) is 40.9 Å². The van der Waals surface area contributed by atoms with E-state index in [4.69, 9.17) is 0 Å². The Morgan fingerprint density at radius 2 is 2.29 bits per heavy atom. The second kappa shape index (κ2) is 3.88. The van der Waals surface area contributed by atoms with Crippen molar-refractivity contribution in [1.82, 2.24) is 0 Å². The molecule has 1 aliphatic heterocycles. The normalized spacial score (nSPS) is 14.9. The van der Waals surface area contributed by atoms with Gasteiger partial charge in [-0.25, -0.2) is 0 Å². The highest BCUT2D eigenvalue weighted by Crippen LogP contribution is 2.29. The second-order valence-corrected chi connectivity index (χ2v) is 4.62. The Hall–Kier alpha value is -0.580. The molecule has 1 N–H and O–H groups in total. The molecule has 0 saturated heterocycles. The van der Waals surface area contributed by atoms with E-state index in [1.165, 1.54) is 5.56 Å². The van der Waals surface area contributed by atoms with E-state index in [1.807, 2.05) is 6.07 Å². The molecule has 3 heteroatoms. The predicted octanol–water partition coefficient (Wildman–Crippen LogP) is 2.85. The molecule has 1 aromatic rings. The summed E-state index contributed by atoms with van der Waals surface area (Å²) in [6.07, 6.45) is 1.60. The van der Waals surface area contributed by atoms with Gasteiger partial charge in [-0.15, -0.1) is 0 Å². The maximum atomic E-state index is 11.7. The number of benzene rings is 1. The number of nitrogens with one attached hydrogen (secondary N) is 1. The zero-order chi connectivity index (χ0) is 10.1. The van der Waals surface area contributed by atoms with Crippen LogP contribution in [0.3, 0.4) is 0 Å². The van der Waals surface area contributed by atoms with Gasteiger partial charge in [0.05, 0.1) is 5.69 Å². The summed E-state index contributed by atoms with van der Waals surface area (Å²) >= 11 is 2.29. The van der Waals surface area contributed by atoms with Crippen LogP contribution in [-0.2, 0) is 6.42 Å². The molecule has 0 spiro atoms. The van der Waals surface area contributed by atoms with Gasteiger partial charge in [-0.05, 0) is 46.7 Å². The largest absolute Gasteiger partial charge is 0.383 e. The number of halogens is 1. The van der Waals surface area contributed by atoms with Crippen molar-refractivity contribution in [2.75, 3.05) is 11.9 Å². The van der Waals surface area contributed by atoms with Gasteiger partial charge in [0, 0.05) is 22.1 Å². The third kappa shape index (κ3) is 1.65. The molecule has 2 nitrogen and oxygen atoms in total. The third-order valence-corrected chi connectivity index (χ3v) is 3.36. The topological polar surface area (TPSA) is 29.1 Å². The van der Waals surface area contributed by atoms with Crippen LogP contribution in [0.5, 0.6) is 0 Å². The summed E-state index contributed by atoms with van der Waals surface area (Å²) in [5.74, 6) is 0.270. The summed E-state index contributed by atoms with van der Waals surface area (Å²) in [6.45, 7) is 2.88. The van der Waals surface area contributed by atoms with Crippen molar-refractivity contribution in [2.45, 2.75) is 19.8 Å². The number of Topliss-reactive ketones (excluding diaryl/α,β-unsaturated/α-hetero) is 1. The van der Waals surface area contributed by atoms with Crippen molar-refractivity contribution in [3.8, 4) is 0 Å². The molecule has 0 aliphatic carbocycles. The average Bonchev–Trinajstić information content (AvgIpc) is 2.19. The van der Waals surface area contributed by atoms with E-state index in [0.717, 1.165) is 27.8 Å². The molecule has 0 radical (unpaired) electrons. The fourth-order valence-electron chi connectivity index (χ4n) is 1.70. The summed E-state index contributed by atoms with van der Waals surface area (Å²) in [6, 6.07) is 4.16. The average molecular weight is 301 g/mol.